The summed E-state index contributed by atoms with van der Waals surface area (Å²) in [5.74, 6) is -0.265. The Balaban J connectivity index is 1.78. The average molecular weight is 368 g/mol. The third-order valence-electron chi connectivity index (χ3n) is 5.20. The molecule has 0 spiro atoms. The predicted molar refractivity (Wildman–Crippen MR) is 93.1 cm³/mol. The van der Waals surface area contributed by atoms with Gasteiger partial charge in [0.15, 0.2) is 0 Å². The highest BCUT2D eigenvalue weighted by Crippen LogP contribution is 2.29. The predicted octanol–water partition coefficient (Wildman–Crippen LogP) is 2.69. The molecule has 0 saturated carbocycles. The van der Waals surface area contributed by atoms with Gasteiger partial charge in [-0.05, 0) is 56.4 Å². The van der Waals surface area contributed by atoms with Crippen LogP contribution in [0.25, 0.3) is 0 Å². The number of halogens is 1. The van der Waals surface area contributed by atoms with Crippen molar-refractivity contribution in [3.8, 4) is 0 Å². The van der Waals surface area contributed by atoms with Crippen molar-refractivity contribution in [3.05, 3.63) is 29.6 Å². The lowest BCUT2D eigenvalue weighted by molar-refractivity contribution is -0.127. The van der Waals surface area contributed by atoms with Crippen molar-refractivity contribution in [2.75, 3.05) is 19.6 Å². The molecule has 0 bridgehead atoms. The van der Waals surface area contributed by atoms with Crippen LogP contribution in [0, 0.1) is 12.7 Å². The van der Waals surface area contributed by atoms with Crippen LogP contribution in [0.2, 0.25) is 0 Å². The third kappa shape index (κ3) is 3.87. The Morgan fingerprint density at radius 2 is 2.00 bits per heavy atom. The zero-order chi connectivity index (χ0) is 18.0. The van der Waals surface area contributed by atoms with Gasteiger partial charge in [0.05, 0.1) is 4.90 Å². The van der Waals surface area contributed by atoms with E-state index in [1.54, 1.807) is 11.2 Å². The molecule has 2 aliphatic rings. The topological polar surface area (TPSA) is 57.7 Å². The zero-order valence-corrected chi connectivity index (χ0v) is 15.4. The molecule has 2 fully saturated rings. The van der Waals surface area contributed by atoms with Crippen molar-refractivity contribution < 1.29 is 17.6 Å². The van der Waals surface area contributed by atoms with Gasteiger partial charge in [-0.3, -0.25) is 4.79 Å². The molecule has 0 aliphatic carbocycles. The highest BCUT2D eigenvalue weighted by Gasteiger charge is 2.35. The van der Waals surface area contributed by atoms with E-state index in [-0.39, 0.29) is 16.8 Å². The van der Waals surface area contributed by atoms with Gasteiger partial charge >= 0.3 is 0 Å². The lowest BCUT2D eigenvalue weighted by Gasteiger charge is -2.35. The van der Waals surface area contributed by atoms with Crippen LogP contribution in [-0.2, 0) is 14.8 Å². The number of rotatable bonds is 5. The van der Waals surface area contributed by atoms with Gasteiger partial charge in [0.1, 0.15) is 5.82 Å². The maximum Gasteiger partial charge on any atom is 0.243 e. The van der Waals surface area contributed by atoms with Gasteiger partial charge < -0.3 is 4.90 Å². The van der Waals surface area contributed by atoms with Crippen LogP contribution in [0.3, 0.4) is 0 Å². The average Bonchev–Trinajstić information content (AvgIpc) is 2.98. The molecule has 2 saturated heterocycles. The van der Waals surface area contributed by atoms with Gasteiger partial charge in [-0.25, -0.2) is 12.8 Å². The lowest BCUT2D eigenvalue weighted by Crippen LogP contribution is -2.45. The minimum atomic E-state index is -3.65. The summed E-state index contributed by atoms with van der Waals surface area (Å²) >= 11 is 0. The molecule has 138 valence electrons. The Morgan fingerprint density at radius 1 is 1.20 bits per heavy atom. The van der Waals surface area contributed by atoms with Gasteiger partial charge in [0.25, 0.3) is 0 Å². The van der Waals surface area contributed by atoms with E-state index >= 15 is 0 Å². The summed E-state index contributed by atoms with van der Waals surface area (Å²) in [6.45, 7) is 3.49. The van der Waals surface area contributed by atoms with Crippen LogP contribution < -0.4 is 0 Å². The molecule has 1 unspecified atom stereocenters. The molecular formula is C18H25FN2O3S. The number of sulfonamides is 1. The maximum absolute atomic E-state index is 13.3. The van der Waals surface area contributed by atoms with Crippen molar-refractivity contribution in [1.82, 2.24) is 9.21 Å². The fourth-order valence-electron chi connectivity index (χ4n) is 3.85. The van der Waals surface area contributed by atoms with Crippen LogP contribution in [0.4, 0.5) is 4.39 Å². The molecule has 1 amide bonds. The molecule has 1 atom stereocenters. The summed E-state index contributed by atoms with van der Waals surface area (Å²) in [6, 6.07) is 3.71. The number of carbonyl (C=O) groups is 1. The van der Waals surface area contributed by atoms with Gasteiger partial charge in [-0.1, -0.05) is 6.42 Å². The number of hydrogen-bond donors (Lipinski definition) is 0. The monoisotopic (exact) mass is 368 g/mol. The normalized spacial score (nSPS) is 22.6. The molecule has 0 N–H and O–H groups in total. The second kappa shape index (κ2) is 7.41. The largest absolute Gasteiger partial charge is 0.343 e. The van der Waals surface area contributed by atoms with E-state index in [4.69, 9.17) is 0 Å². The first-order valence-electron chi connectivity index (χ1n) is 8.95. The smallest absolute Gasteiger partial charge is 0.243 e. The Kier molecular flexibility index (Phi) is 5.43. The lowest BCUT2D eigenvalue weighted by atomic mass is 10.0. The SMILES string of the molecule is Cc1cc(F)ccc1S(=O)(=O)N1CCCCC1CCN1CCCC1=O. The van der Waals surface area contributed by atoms with Crippen molar-refractivity contribution in [1.29, 1.82) is 0 Å². The van der Waals surface area contributed by atoms with E-state index < -0.39 is 15.8 Å². The quantitative estimate of drug-likeness (QED) is 0.803. The van der Waals surface area contributed by atoms with Crippen LogP contribution in [0.15, 0.2) is 23.1 Å². The first kappa shape index (κ1) is 18.3. The molecule has 1 aromatic carbocycles. The minimum Gasteiger partial charge on any atom is -0.343 e. The second-order valence-corrected chi connectivity index (χ2v) is 8.81. The van der Waals surface area contributed by atoms with Crippen LogP contribution >= 0.6 is 0 Å². The van der Waals surface area contributed by atoms with Crippen molar-refractivity contribution in [2.45, 2.75) is 56.4 Å². The summed E-state index contributed by atoms with van der Waals surface area (Å²) in [5.41, 5.74) is 0.430. The Labute approximate surface area is 148 Å². The van der Waals surface area contributed by atoms with Gasteiger partial charge in [0, 0.05) is 32.1 Å². The van der Waals surface area contributed by atoms with E-state index in [1.807, 2.05) is 4.90 Å². The van der Waals surface area contributed by atoms with Crippen LogP contribution in [0.1, 0.15) is 44.1 Å². The molecule has 3 rings (SSSR count). The molecule has 0 aromatic heterocycles. The summed E-state index contributed by atoms with van der Waals surface area (Å²) in [5, 5.41) is 0. The molecule has 7 heteroatoms. The maximum atomic E-state index is 13.3. The summed E-state index contributed by atoms with van der Waals surface area (Å²) in [4.78, 5) is 13.8. The molecule has 2 heterocycles. The standard InChI is InChI=1S/C18H25FN2O3S/c1-14-13-15(19)7-8-17(14)25(23,24)21-11-3-2-5-16(21)9-12-20-10-4-6-18(20)22/h7-8,13,16H,2-6,9-12H2,1H3. The van der Waals surface area contributed by atoms with Crippen LogP contribution in [-0.4, -0.2) is 49.2 Å². The molecule has 1 aromatic rings. The Hall–Kier alpha value is -1.47. The first-order chi connectivity index (χ1) is 11.9. The summed E-state index contributed by atoms with van der Waals surface area (Å²) in [6.07, 6.45) is 4.78. The number of likely N-dealkylation sites (tertiary alicyclic amines) is 1. The summed E-state index contributed by atoms with van der Waals surface area (Å²) in [7, 11) is -3.65. The van der Waals surface area contributed by atoms with Gasteiger partial charge in [-0.2, -0.15) is 4.31 Å². The van der Waals surface area contributed by atoms with E-state index in [0.29, 0.717) is 31.5 Å². The number of nitrogens with zero attached hydrogens (tertiary/aromatic N) is 2. The fourth-order valence-corrected chi connectivity index (χ4v) is 5.78. The van der Waals surface area contributed by atoms with E-state index in [0.717, 1.165) is 32.2 Å². The fraction of sp³-hybridized carbons (Fsp3) is 0.611. The van der Waals surface area contributed by atoms with E-state index in [9.17, 15) is 17.6 Å². The molecule has 5 nitrogen and oxygen atoms in total. The van der Waals surface area contributed by atoms with E-state index in [1.165, 1.54) is 18.2 Å². The molecule has 2 aliphatic heterocycles. The number of piperidine rings is 1. The van der Waals surface area contributed by atoms with Crippen molar-refractivity contribution >= 4 is 15.9 Å². The highest BCUT2D eigenvalue weighted by atomic mass is 32.2. The third-order valence-corrected chi connectivity index (χ3v) is 7.31. The van der Waals surface area contributed by atoms with Crippen molar-refractivity contribution in [3.63, 3.8) is 0 Å². The number of amides is 1. The van der Waals surface area contributed by atoms with Crippen LogP contribution in [0.5, 0.6) is 0 Å². The minimum absolute atomic E-state index is 0.100. The van der Waals surface area contributed by atoms with E-state index in [2.05, 4.69) is 0 Å². The number of aryl methyl sites for hydroxylation is 1. The number of benzene rings is 1. The Morgan fingerprint density at radius 3 is 2.68 bits per heavy atom. The number of hydrogen-bond acceptors (Lipinski definition) is 3. The molecular weight excluding hydrogens is 343 g/mol. The first-order valence-corrected chi connectivity index (χ1v) is 10.4. The zero-order valence-electron chi connectivity index (χ0n) is 14.6. The Bertz CT molecular complexity index is 751. The number of carbonyl (C=O) groups excluding carboxylic acids is 1. The second-order valence-electron chi connectivity index (χ2n) is 6.95. The summed E-state index contributed by atoms with van der Waals surface area (Å²) < 4.78 is 41.1. The van der Waals surface area contributed by atoms with Gasteiger partial charge in [0.2, 0.25) is 15.9 Å². The highest BCUT2D eigenvalue weighted by molar-refractivity contribution is 7.89. The molecule has 0 radical (unpaired) electrons. The molecule has 25 heavy (non-hydrogen) atoms. The van der Waals surface area contributed by atoms with Gasteiger partial charge in [-0.15, -0.1) is 0 Å². The van der Waals surface area contributed by atoms with Crippen molar-refractivity contribution in [2.24, 2.45) is 0 Å².